The number of rotatable bonds is 9. The Labute approximate surface area is 161 Å². The van der Waals surface area contributed by atoms with E-state index in [4.69, 9.17) is 10.5 Å². The molecule has 144 valence electrons. The van der Waals surface area contributed by atoms with Gasteiger partial charge in [-0.3, -0.25) is 5.73 Å². The third-order valence-electron chi connectivity index (χ3n) is 4.92. The van der Waals surface area contributed by atoms with E-state index in [1.165, 1.54) is 12.8 Å². The maximum absolute atomic E-state index is 10.6. The molecule has 1 aromatic heterocycles. The number of nitrogens with two attached hydrogens (primary N) is 1. The molecular weight excluding hydrogens is 338 g/mol. The molecule has 0 spiro atoms. The van der Waals surface area contributed by atoms with Gasteiger partial charge in [0.25, 0.3) is 0 Å². The number of aryl methyl sites for hydroxylation is 2. The summed E-state index contributed by atoms with van der Waals surface area (Å²) >= 11 is 0. The Morgan fingerprint density at radius 1 is 1.11 bits per heavy atom. The number of aliphatic hydroxyl groups is 1. The quantitative estimate of drug-likeness (QED) is 0.449. The van der Waals surface area contributed by atoms with Gasteiger partial charge in [-0.05, 0) is 37.1 Å². The number of nitrogen functional groups attached to an aromatic ring is 1. The first-order valence-electron chi connectivity index (χ1n) is 9.74. The fraction of sp³-hybridized carbons (Fsp3) is 0.409. The van der Waals surface area contributed by atoms with Gasteiger partial charge >= 0.3 is 5.95 Å². The van der Waals surface area contributed by atoms with Crippen molar-refractivity contribution in [3.05, 3.63) is 54.1 Å². The molecule has 1 heterocycles. The largest absolute Gasteiger partial charge is 0.490 e. The lowest BCUT2D eigenvalue weighted by Crippen LogP contribution is -2.44. The molecule has 5 nitrogen and oxygen atoms in total. The number of hydrogen-bond acceptors (Lipinski definition) is 3. The molecule has 5 heteroatoms. The second kappa shape index (κ2) is 8.91. The smallest absolute Gasteiger partial charge is 0.356 e. The molecule has 0 saturated carbocycles. The molecule has 2 aromatic carbocycles. The predicted octanol–water partition coefficient (Wildman–Crippen LogP) is 3.45. The van der Waals surface area contributed by atoms with Gasteiger partial charge in [-0.2, -0.15) is 0 Å². The predicted molar refractivity (Wildman–Crippen MR) is 109 cm³/mol. The summed E-state index contributed by atoms with van der Waals surface area (Å²) < 4.78 is 9.94. The number of nitrogens with zero attached hydrogens (tertiary/aromatic N) is 2. The minimum atomic E-state index is -0.646. The summed E-state index contributed by atoms with van der Waals surface area (Å²) in [6, 6.07) is 16.0. The minimum Gasteiger partial charge on any atom is -0.490 e. The Morgan fingerprint density at radius 2 is 1.85 bits per heavy atom. The Bertz CT molecular complexity index is 888. The van der Waals surface area contributed by atoms with Crippen LogP contribution in [0.1, 0.15) is 31.7 Å². The zero-order valence-corrected chi connectivity index (χ0v) is 16.3. The van der Waals surface area contributed by atoms with Crippen LogP contribution in [-0.2, 0) is 13.1 Å². The first kappa shape index (κ1) is 19.2. The van der Waals surface area contributed by atoms with Gasteiger partial charge in [0.05, 0.1) is 6.54 Å². The van der Waals surface area contributed by atoms with Crippen LogP contribution in [0.3, 0.4) is 0 Å². The topological polar surface area (TPSA) is 64.3 Å². The number of fused-ring (bicyclic) bond motifs is 1. The van der Waals surface area contributed by atoms with Gasteiger partial charge in [-0.1, -0.05) is 50.1 Å². The highest BCUT2D eigenvalue weighted by Crippen LogP contribution is 2.19. The Kier molecular flexibility index (Phi) is 6.35. The van der Waals surface area contributed by atoms with E-state index in [1.54, 1.807) is 0 Å². The van der Waals surface area contributed by atoms with E-state index < -0.39 is 6.10 Å². The lowest BCUT2D eigenvalue weighted by Gasteiger charge is -2.13. The van der Waals surface area contributed by atoms with Gasteiger partial charge in [-0.15, -0.1) is 0 Å². The van der Waals surface area contributed by atoms with Crippen molar-refractivity contribution in [2.45, 2.75) is 52.3 Å². The number of aromatic nitrogens is 2. The number of anilines is 1. The molecule has 0 saturated heterocycles. The Balaban J connectivity index is 1.75. The first-order chi connectivity index (χ1) is 13.1. The van der Waals surface area contributed by atoms with Gasteiger partial charge in [-0.25, -0.2) is 9.13 Å². The number of para-hydroxylation sites is 3. The molecule has 0 aliphatic carbocycles. The van der Waals surface area contributed by atoms with Gasteiger partial charge in [0.1, 0.15) is 36.0 Å². The number of unbranched alkanes of at least 4 members (excludes halogenated alkanes) is 2. The summed E-state index contributed by atoms with van der Waals surface area (Å²) in [5.74, 6) is 1.48. The summed E-state index contributed by atoms with van der Waals surface area (Å²) in [6.07, 6.45) is 2.80. The average Bonchev–Trinajstić information content (AvgIpc) is 2.93. The van der Waals surface area contributed by atoms with Crippen molar-refractivity contribution in [3.63, 3.8) is 0 Å². The summed E-state index contributed by atoms with van der Waals surface area (Å²) in [5.41, 5.74) is 9.66. The van der Waals surface area contributed by atoms with Crippen LogP contribution >= 0.6 is 0 Å². The summed E-state index contributed by atoms with van der Waals surface area (Å²) in [7, 11) is 0. The van der Waals surface area contributed by atoms with Crippen molar-refractivity contribution < 1.29 is 14.4 Å². The van der Waals surface area contributed by atoms with Crippen LogP contribution in [0.25, 0.3) is 11.0 Å². The molecule has 3 aromatic rings. The monoisotopic (exact) mass is 368 g/mol. The zero-order chi connectivity index (χ0) is 19.2. The number of aliphatic hydroxyl groups excluding tert-OH is 1. The number of imidazole rings is 1. The summed E-state index contributed by atoms with van der Waals surface area (Å²) in [4.78, 5) is 0. The molecule has 1 unspecified atom stereocenters. The van der Waals surface area contributed by atoms with Crippen LogP contribution in [0, 0.1) is 6.92 Å². The Hall–Kier alpha value is -2.53. The molecule has 0 bridgehead atoms. The fourth-order valence-electron chi connectivity index (χ4n) is 3.43. The minimum absolute atomic E-state index is 0.229. The molecular formula is C22H30N3O2+. The molecule has 0 aliphatic heterocycles. The summed E-state index contributed by atoms with van der Waals surface area (Å²) in [5, 5.41) is 10.6. The first-order valence-corrected chi connectivity index (χ1v) is 9.74. The molecule has 0 radical (unpaired) electrons. The van der Waals surface area contributed by atoms with Crippen molar-refractivity contribution in [1.82, 2.24) is 4.57 Å². The molecule has 3 N–H and O–H groups in total. The summed E-state index contributed by atoms with van der Waals surface area (Å²) in [6.45, 7) is 5.72. The van der Waals surface area contributed by atoms with Crippen LogP contribution in [0.4, 0.5) is 5.95 Å². The van der Waals surface area contributed by atoms with Gasteiger partial charge in [0.2, 0.25) is 0 Å². The lowest BCUT2D eigenvalue weighted by molar-refractivity contribution is -0.665. The van der Waals surface area contributed by atoms with Crippen molar-refractivity contribution in [2.24, 2.45) is 0 Å². The zero-order valence-electron chi connectivity index (χ0n) is 16.3. The van der Waals surface area contributed by atoms with Gasteiger partial charge in [0, 0.05) is 0 Å². The molecule has 27 heavy (non-hydrogen) atoms. The normalized spacial score (nSPS) is 12.4. The number of hydrogen-bond donors (Lipinski definition) is 2. The molecule has 0 amide bonds. The van der Waals surface area contributed by atoms with E-state index in [1.807, 2.05) is 47.9 Å². The lowest BCUT2D eigenvalue weighted by atomic mass is 10.2. The SMILES string of the molecule is CCCCCn1c(N)[n+](CC(O)COc2ccccc2C)c2ccccc21. The number of benzene rings is 2. The van der Waals surface area contributed by atoms with E-state index in [-0.39, 0.29) is 6.61 Å². The molecule has 0 aliphatic rings. The highest BCUT2D eigenvalue weighted by Gasteiger charge is 2.22. The van der Waals surface area contributed by atoms with Crippen LogP contribution in [-0.4, -0.2) is 22.4 Å². The van der Waals surface area contributed by atoms with E-state index in [9.17, 15) is 5.11 Å². The van der Waals surface area contributed by atoms with Gasteiger partial charge < -0.3 is 9.84 Å². The highest BCUT2D eigenvalue weighted by molar-refractivity contribution is 5.73. The van der Waals surface area contributed by atoms with Crippen LogP contribution in [0.15, 0.2) is 48.5 Å². The fourth-order valence-corrected chi connectivity index (χ4v) is 3.43. The van der Waals surface area contributed by atoms with Crippen molar-refractivity contribution in [1.29, 1.82) is 0 Å². The van der Waals surface area contributed by atoms with Gasteiger partial charge in [0.15, 0.2) is 0 Å². The van der Waals surface area contributed by atoms with E-state index in [0.717, 1.165) is 35.3 Å². The number of ether oxygens (including phenoxy) is 1. The molecule has 1 atom stereocenters. The van der Waals surface area contributed by atoms with E-state index >= 15 is 0 Å². The van der Waals surface area contributed by atoms with Crippen LogP contribution in [0.5, 0.6) is 5.75 Å². The van der Waals surface area contributed by atoms with Crippen molar-refractivity contribution >= 4 is 17.0 Å². The van der Waals surface area contributed by atoms with E-state index in [2.05, 4.69) is 23.6 Å². The molecule has 3 rings (SSSR count). The maximum Gasteiger partial charge on any atom is 0.356 e. The average molecular weight is 369 g/mol. The third kappa shape index (κ3) is 4.42. The maximum atomic E-state index is 10.6. The highest BCUT2D eigenvalue weighted by atomic mass is 16.5. The third-order valence-corrected chi connectivity index (χ3v) is 4.92. The van der Waals surface area contributed by atoms with Crippen LogP contribution < -0.4 is 15.0 Å². The Morgan fingerprint density at radius 3 is 2.63 bits per heavy atom. The molecule has 0 fully saturated rings. The van der Waals surface area contributed by atoms with Crippen molar-refractivity contribution in [3.8, 4) is 5.75 Å². The second-order valence-electron chi connectivity index (χ2n) is 7.05. The standard InChI is InChI=1S/C22H29N3O2/c1-3-4-9-14-24-19-11-6-7-12-20(19)25(22(24)23)15-18(26)16-27-21-13-8-5-10-17(21)2/h5-8,10-13,18,23,26H,3-4,9,14-16H2,1-2H3/p+1. The van der Waals surface area contributed by atoms with Crippen LogP contribution in [0.2, 0.25) is 0 Å². The van der Waals surface area contributed by atoms with Crippen molar-refractivity contribution in [2.75, 3.05) is 12.3 Å². The van der Waals surface area contributed by atoms with E-state index in [0.29, 0.717) is 12.5 Å². The second-order valence-corrected chi connectivity index (χ2v) is 7.05.